The number of halogens is 8. The molecule has 1 aliphatic rings. The second kappa shape index (κ2) is 16.0. The van der Waals surface area contributed by atoms with E-state index in [1.807, 2.05) is 20.8 Å². The van der Waals surface area contributed by atoms with Crippen molar-refractivity contribution >= 4 is 29.6 Å². The molecule has 12 nitrogen and oxygen atoms in total. The monoisotopic (exact) mass is 785 g/mol. The van der Waals surface area contributed by atoms with Crippen molar-refractivity contribution in [2.75, 3.05) is 13.2 Å². The summed E-state index contributed by atoms with van der Waals surface area (Å²) < 4.78 is 99.9. The predicted octanol–water partition coefficient (Wildman–Crippen LogP) is 7.94. The second-order valence-electron chi connectivity index (χ2n) is 13.6. The molecule has 0 spiro atoms. The van der Waals surface area contributed by atoms with Crippen LogP contribution in [0, 0.1) is 16.7 Å². The maximum Gasteiger partial charge on any atom is 0.407 e. The van der Waals surface area contributed by atoms with Crippen LogP contribution in [0.4, 0.5) is 35.5 Å². The van der Waals surface area contributed by atoms with Gasteiger partial charge < -0.3 is 15.4 Å². The minimum Gasteiger partial charge on any atom is -0.447 e. The second-order valence-corrected chi connectivity index (χ2v) is 14.0. The standard InChI is InChI=1S/C34H35ClF7N9O3/c1-33(2,3)10-11-44-31(43)50(29(52)19-6-4-18(5-7-19)21-14-46-49(15-21)30(38)39)26(16-54-32(53)48-24-13-22(24)34(40,41)42)20-8-9-23(35)25(12-20)51-28(27(36)37)45-17-47-51/h4-9,12,14-15,17,22,24,26-27,30H,10-11,13,16H2,1-3H3,(H2,43,44)(H,48,53)/t22-,24-,26-/m1/s1. The van der Waals surface area contributed by atoms with Crippen LogP contribution in [-0.4, -0.2) is 72.8 Å². The van der Waals surface area contributed by atoms with E-state index < -0.39 is 67.5 Å². The molecule has 0 bridgehead atoms. The molecule has 2 aromatic heterocycles. The highest BCUT2D eigenvalue weighted by molar-refractivity contribution is 6.32. The van der Waals surface area contributed by atoms with Gasteiger partial charge in [-0.1, -0.05) is 50.6 Å². The molecule has 0 radical (unpaired) electrons. The SMILES string of the molecule is CC(C)(C)CCNC(=N)N(C(=O)c1ccc(-c2cnn(C(F)F)c2)cc1)[C@H](COC(=O)N[C@@H]1C[C@H]1C(F)(F)F)c1ccc(Cl)c(-n2ncnc2C(F)F)c1. The van der Waals surface area contributed by atoms with E-state index in [0.29, 0.717) is 22.2 Å². The van der Waals surface area contributed by atoms with Crippen molar-refractivity contribution < 1.29 is 45.1 Å². The van der Waals surface area contributed by atoms with Crippen LogP contribution in [0.25, 0.3) is 16.8 Å². The molecular weight excluding hydrogens is 751 g/mol. The summed E-state index contributed by atoms with van der Waals surface area (Å²) in [5, 5.41) is 21.5. The molecule has 54 heavy (non-hydrogen) atoms. The topological polar surface area (TPSA) is 143 Å². The fraction of sp³-hybridized carbons (Fsp3) is 0.412. The van der Waals surface area contributed by atoms with Crippen molar-refractivity contribution in [2.24, 2.45) is 11.3 Å². The zero-order valence-electron chi connectivity index (χ0n) is 28.9. The smallest absolute Gasteiger partial charge is 0.407 e. The largest absolute Gasteiger partial charge is 0.447 e. The zero-order chi connectivity index (χ0) is 39.5. The summed E-state index contributed by atoms with van der Waals surface area (Å²) in [5.74, 6) is -3.80. The summed E-state index contributed by atoms with van der Waals surface area (Å²) in [7, 11) is 0. The van der Waals surface area contributed by atoms with Crippen molar-refractivity contribution in [1.82, 2.24) is 40.1 Å². The number of rotatable bonds is 12. The number of alkyl carbamates (subject to hydrolysis) is 1. The Labute approximate surface area is 309 Å². The van der Waals surface area contributed by atoms with Gasteiger partial charge in [0.2, 0.25) is 0 Å². The number of carbonyl (C=O) groups excluding carboxylic acids is 2. The van der Waals surface area contributed by atoms with Gasteiger partial charge in [-0.05, 0) is 53.6 Å². The van der Waals surface area contributed by atoms with E-state index in [2.05, 4.69) is 25.8 Å². The third-order valence-electron chi connectivity index (χ3n) is 8.44. The van der Waals surface area contributed by atoms with Crippen molar-refractivity contribution in [3.05, 3.63) is 83.2 Å². The average molecular weight is 786 g/mol. The maximum absolute atomic E-state index is 14.4. The molecule has 5 rings (SSSR count). The van der Waals surface area contributed by atoms with Crippen LogP contribution in [-0.2, 0) is 4.74 Å². The lowest BCUT2D eigenvalue weighted by molar-refractivity contribution is -0.148. The van der Waals surface area contributed by atoms with E-state index in [1.165, 1.54) is 48.7 Å². The van der Waals surface area contributed by atoms with E-state index >= 15 is 0 Å². The summed E-state index contributed by atoms with van der Waals surface area (Å²) in [6.45, 7) is 2.48. The molecule has 20 heteroatoms. The number of carbonyl (C=O) groups is 2. The minimum absolute atomic E-state index is 0.00623. The first-order valence-electron chi connectivity index (χ1n) is 16.4. The quantitative estimate of drug-likeness (QED) is 0.0752. The number of aromatic nitrogens is 5. The van der Waals surface area contributed by atoms with E-state index in [9.17, 15) is 40.3 Å². The van der Waals surface area contributed by atoms with Crippen LogP contribution < -0.4 is 10.6 Å². The molecule has 1 fully saturated rings. The lowest BCUT2D eigenvalue weighted by Crippen LogP contribution is -2.48. The normalized spacial score (nSPS) is 16.3. The molecule has 2 aromatic carbocycles. The van der Waals surface area contributed by atoms with Crippen molar-refractivity contribution in [1.29, 1.82) is 5.41 Å². The summed E-state index contributed by atoms with van der Waals surface area (Å²) in [4.78, 5) is 31.7. The predicted molar refractivity (Wildman–Crippen MR) is 181 cm³/mol. The highest BCUT2D eigenvalue weighted by Gasteiger charge is 2.56. The summed E-state index contributed by atoms with van der Waals surface area (Å²) in [6, 6.07) is 7.04. The summed E-state index contributed by atoms with van der Waals surface area (Å²) in [5.41, 5.74) is 0.558. The number of nitrogens with zero attached hydrogens (tertiary/aromatic N) is 6. The van der Waals surface area contributed by atoms with Gasteiger partial charge in [-0.25, -0.2) is 27.9 Å². The van der Waals surface area contributed by atoms with Gasteiger partial charge in [0.25, 0.3) is 12.3 Å². The van der Waals surface area contributed by atoms with Gasteiger partial charge in [0.15, 0.2) is 11.8 Å². The van der Waals surface area contributed by atoms with E-state index in [0.717, 1.165) is 22.1 Å². The maximum atomic E-state index is 14.4. The molecule has 3 atom stereocenters. The van der Waals surface area contributed by atoms with Crippen molar-refractivity contribution in [3.8, 4) is 16.8 Å². The third kappa shape index (κ3) is 9.66. The number of hydrogen-bond acceptors (Lipinski definition) is 7. The Kier molecular flexibility index (Phi) is 11.9. The Morgan fingerprint density at radius 2 is 1.76 bits per heavy atom. The van der Waals surface area contributed by atoms with Crippen molar-refractivity contribution in [2.45, 2.75) is 64.8 Å². The molecule has 0 aliphatic heterocycles. The van der Waals surface area contributed by atoms with E-state index in [4.69, 9.17) is 21.7 Å². The Morgan fingerprint density at radius 3 is 2.35 bits per heavy atom. The summed E-state index contributed by atoms with van der Waals surface area (Å²) in [6.07, 6.45) is -5.42. The number of hydrogen-bond donors (Lipinski definition) is 3. The number of nitrogens with one attached hydrogen (secondary N) is 3. The number of guanidine groups is 1. The first-order valence-corrected chi connectivity index (χ1v) is 16.8. The Morgan fingerprint density at radius 1 is 1.06 bits per heavy atom. The van der Waals surface area contributed by atoms with Gasteiger partial charge in [-0.3, -0.25) is 15.1 Å². The molecule has 3 N–H and O–H groups in total. The van der Waals surface area contributed by atoms with E-state index in [-0.39, 0.29) is 40.2 Å². The molecule has 290 valence electrons. The highest BCUT2D eigenvalue weighted by Crippen LogP contribution is 2.44. The molecular formula is C34H35ClF7N9O3. The molecule has 0 saturated heterocycles. The Bertz CT molecular complexity index is 1960. The van der Waals surface area contributed by atoms with Crippen LogP contribution in [0.15, 0.2) is 61.2 Å². The lowest BCUT2D eigenvalue weighted by atomic mass is 9.92. The van der Waals surface area contributed by atoms with E-state index in [1.54, 1.807) is 0 Å². The van der Waals surface area contributed by atoms with Gasteiger partial charge in [0.1, 0.15) is 12.9 Å². The summed E-state index contributed by atoms with van der Waals surface area (Å²) >= 11 is 6.40. The van der Waals surface area contributed by atoms with Gasteiger partial charge in [-0.2, -0.15) is 32.1 Å². The van der Waals surface area contributed by atoms with Gasteiger partial charge in [0.05, 0.1) is 28.9 Å². The molecule has 2 heterocycles. The number of ether oxygens (including phenoxy) is 1. The van der Waals surface area contributed by atoms with Crippen LogP contribution >= 0.6 is 11.6 Å². The van der Waals surface area contributed by atoms with Gasteiger partial charge >= 0.3 is 18.8 Å². The number of amides is 2. The average Bonchev–Trinajstić information content (AvgIpc) is 3.46. The molecule has 4 aromatic rings. The van der Waals surface area contributed by atoms with Crippen LogP contribution in [0.5, 0.6) is 0 Å². The first kappa shape index (κ1) is 40.0. The number of benzene rings is 2. The van der Waals surface area contributed by atoms with Crippen LogP contribution in [0.3, 0.4) is 0 Å². The first-order chi connectivity index (χ1) is 25.3. The van der Waals surface area contributed by atoms with Crippen molar-refractivity contribution in [3.63, 3.8) is 0 Å². The molecule has 0 unspecified atom stereocenters. The molecule has 2 amide bonds. The third-order valence-corrected chi connectivity index (χ3v) is 8.76. The van der Waals surface area contributed by atoms with Gasteiger partial charge in [0, 0.05) is 29.9 Å². The molecule has 1 aliphatic carbocycles. The molecule has 1 saturated carbocycles. The minimum atomic E-state index is -4.53. The van der Waals surface area contributed by atoms with Crippen LogP contribution in [0.2, 0.25) is 5.02 Å². The highest BCUT2D eigenvalue weighted by atomic mass is 35.5. The Balaban J connectivity index is 1.53. The number of alkyl halides is 7. The van der Waals surface area contributed by atoms with Crippen LogP contribution in [0.1, 0.15) is 74.4 Å². The fourth-order valence-corrected chi connectivity index (χ4v) is 5.64. The Hall–Kier alpha value is -5.20. The lowest BCUT2D eigenvalue weighted by Gasteiger charge is -2.33. The van der Waals surface area contributed by atoms with Gasteiger partial charge in [-0.15, -0.1) is 0 Å². The zero-order valence-corrected chi connectivity index (χ0v) is 29.7. The fourth-order valence-electron chi connectivity index (χ4n) is 5.45.